The van der Waals surface area contributed by atoms with Gasteiger partial charge in [-0.15, -0.1) is 0 Å². The summed E-state index contributed by atoms with van der Waals surface area (Å²) in [6.07, 6.45) is 7.88. The fraction of sp³-hybridized carbons (Fsp3) is 0.643. The lowest BCUT2D eigenvalue weighted by molar-refractivity contribution is 0.238. The second-order valence-electron chi connectivity index (χ2n) is 4.81. The first-order valence-corrected chi connectivity index (χ1v) is 7.55. The summed E-state index contributed by atoms with van der Waals surface area (Å²) < 4.78 is 0. The topological polar surface area (TPSA) is 16.1 Å². The Morgan fingerprint density at radius 3 is 2.82 bits per heavy atom. The highest BCUT2D eigenvalue weighted by Crippen LogP contribution is 2.32. The van der Waals surface area contributed by atoms with Gasteiger partial charge in [-0.05, 0) is 49.8 Å². The number of pyridine rings is 1. The molecule has 2 nitrogen and oxygen atoms in total. The van der Waals surface area contributed by atoms with Crippen LogP contribution in [0.15, 0.2) is 24.5 Å². The number of hydrogen-bond donors (Lipinski definition) is 0. The van der Waals surface area contributed by atoms with Gasteiger partial charge in [0.1, 0.15) is 0 Å². The predicted molar refractivity (Wildman–Crippen MR) is 75.3 cm³/mol. The van der Waals surface area contributed by atoms with Crippen molar-refractivity contribution in [3.63, 3.8) is 0 Å². The van der Waals surface area contributed by atoms with Gasteiger partial charge >= 0.3 is 0 Å². The SMILES string of the molecule is CCS[C@@H]1CC[C@H](N(C)Cc2ccncc2)C1. The normalized spacial score (nSPS) is 24.4. The van der Waals surface area contributed by atoms with Crippen molar-refractivity contribution in [3.05, 3.63) is 30.1 Å². The molecular formula is C14H22N2S. The van der Waals surface area contributed by atoms with E-state index in [2.05, 4.69) is 47.7 Å². The highest BCUT2D eigenvalue weighted by molar-refractivity contribution is 7.99. The number of nitrogens with zero attached hydrogens (tertiary/aromatic N) is 2. The molecule has 1 aliphatic carbocycles. The van der Waals surface area contributed by atoms with Gasteiger partial charge in [0.25, 0.3) is 0 Å². The van der Waals surface area contributed by atoms with Crippen molar-refractivity contribution in [2.24, 2.45) is 0 Å². The highest BCUT2D eigenvalue weighted by atomic mass is 32.2. The highest BCUT2D eigenvalue weighted by Gasteiger charge is 2.27. The second kappa shape index (κ2) is 6.41. The van der Waals surface area contributed by atoms with Gasteiger partial charge in [0.05, 0.1) is 0 Å². The molecule has 94 valence electrons. The summed E-state index contributed by atoms with van der Waals surface area (Å²) in [7, 11) is 2.25. The molecule has 2 rings (SSSR count). The summed E-state index contributed by atoms with van der Waals surface area (Å²) in [6, 6.07) is 5.00. The average Bonchev–Trinajstić information content (AvgIpc) is 2.79. The number of thioether (sulfide) groups is 1. The van der Waals surface area contributed by atoms with Gasteiger partial charge in [-0.25, -0.2) is 0 Å². The van der Waals surface area contributed by atoms with Gasteiger partial charge < -0.3 is 0 Å². The molecule has 0 unspecified atom stereocenters. The van der Waals surface area contributed by atoms with Crippen LogP contribution in [0.1, 0.15) is 31.7 Å². The van der Waals surface area contributed by atoms with Crippen molar-refractivity contribution in [2.75, 3.05) is 12.8 Å². The van der Waals surface area contributed by atoms with Crippen LogP contribution in [0.5, 0.6) is 0 Å². The molecule has 0 N–H and O–H groups in total. The molecule has 3 heteroatoms. The predicted octanol–water partition coefficient (Wildman–Crippen LogP) is 3.19. The molecule has 1 heterocycles. The first kappa shape index (κ1) is 12.9. The van der Waals surface area contributed by atoms with Gasteiger partial charge in [0, 0.05) is 30.2 Å². The minimum Gasteiger partial charge on any atom is -0.299 e. The van der Waals surface area contributed by atoms with E-state index < -0.39 is 0 Å². The van der Waals surface area contributed by atoms with E-state index in [1.807, 2.05) is 12.4 Å². The third-order valence-electron chi connectivity index (χ3n) is 3.56. The zero-order valence-electron chi connectivity index (χ0n) is 10.8. The molecule has 0 bridgehead atoms. The molecule has 1 fully saturated rings. The van der Waals surface area contributed by atoms with Gasteiger partial charge in [0.2, 0.25) is 0 Å². The Morgan fingerprint density at radius 1 is 1.35 bits per heavy atom. The molecule has 0 radical (unpaired) electrons. The minimum absolute atomic E-state index is 0.771. The molecular weight excluding hydrogens is 228 g/mol. The molecule has 1 saturated carbocycles. The Hall–Kier alpha value is -0.540. The van der Waals surface area contributed by atoms with Crippen molar-refractivity contribution < 1.29 is 0 Å². The first-order chi connectivity index (χ1) is 8.29. The van der Waals surface area contributed by atoms with Crippen LogP contribution in [0.25, 0.3) is 0 Å². The van der Waals surface area contributed by atoms with Crippen LogP contribution in [0, 0.1) is 0 Å². The smallest absolute Gasteiger partial charge is 0.0271 e. The molecule has 1 aromatic heterocycles. The Labute approximate surface area is 109 Å². The van der Waals surface area contributed by atoms with E-state index in [9.17, 15) is 0 Å². The molecule has 0 amide bonds. The molecule has 1 aliphatic rings. The van der Waals surface area contributed by atoms with E-state index in [-0.39, 0.29) is 0 Å². The second-order valence-corrected chi connectivity index (χ2v) is 6.39. The molecule has 0 aromatic carbocycles. The lowest BCUT2D eigenvalue weighted by atomic mass is 10.2. The van der Waals surface area contributed by atoms with Crippen LogP contribution in [-0.2, 0) is 6.54 Å². The lowest BCUT2D eigenvalue weighted by Crippen LogP contribution is -2.29. The Balaban J connectivity index is 1.83. The summed E-state index contributed by atoms with van der Waals surface area (Å²) in [4.78, 5) is 6.57. The first-order valence-electron chi connectivity index (χ1n) is 6.50. The van der Waals surface area contributed by atoms with Crippen molar-refractivity contribution in [2.45, 2.75) is 44.0 Å². The largest absolute Gasteiger partial charge is 0.299 e. The summed E-state index contributed by atoms with van der Waals surface area (Å²) in [5.74, 6) is 1.26. The molecule has 17 heavy (non-hydrogen) atoms. The van der Waals surface area contributed by atoms with Crippen molar-refractivity contribution in [1.29, 1.82) is 0 Å². The van der Waals surface area contributed by atoms with Gasteiger partial charge in [0.15, 0.2) is 0 Å². The zero-order valence-corrected chi connectivity index (χ0v) is 11.6. The summed E-state index contributed by atoms with van der Waals surface area (Å²) in [6.45, 7) is 3.31. The van der Waals surface area contributed by atoms with E-state index in [0.717, 1.165) is 17.8 Å². The average molecular weight is 250 g/mol. The fourth-order valence-corrected chi connectivity index (χ4v) is 3.74. The van der Waals surface area contributed by atoms with Crippen LogP contribution in [0.3, 0.4) is 0 Å². The van der Waals surface area contributed by atoms with Crippen LogP contribution >= 0.6 is 11.8 Å². The minimum atomic E-state index is 0.771. The van der Waals surface area contributed by atoms with Crippen LogP contribution in [0.2, 0.25) is 0 Å². The molecule has 0 spiro atoms. The third kappa shape index (κ3) is 3.71. The van der Waals surface area contributed by atoms with E-state index >= 15 is 0 Å². The molecule has 0 saturated heterocycles. The Bertz CT molecular complexity index is 328. The Morgan fingerprint density at radius 2 is 2.12 bits per heavy atom. The molecule has 2 atom stereocenters. The van der Waals surface area contributed by atoms with Crippen LogP contribution in [0.4, 0.5) is 0 Å². The summed E-state index contributed by atoms with van der Waals surface area (Å²) >= 11 is 2.13. The van der Waals surface area contributed by atoms with E-state index in [4.69, 9.17) is 0 Å². The Kier molecular flexibility index (Phi) is 4.86. The van der Waals surface area contributed by atoms with Crippen molar-refractivity contribution >= 4 is 11.8 Å². The maximum atomic E-state index is 4.06. The van der Waals surface area contributed by atoms with Crippen molar-refractivity contribution in [1.82, 2.24) is 9.88 Å². The van der Waals surface area contributed by atoms with Gasteiger partial charge in [-0.2, -0.15) is 11.8 Å². The number of rotatable bonds is 5. The van der Waals surface area contributed by atoms with E-state index in [1.165, 1.54) is 30.6 Å². The van der Waals surface area contributed by atoms with E-state index in [1.54, 1.807) is 0 Å². The standard InChI is InChI=1S/C14H22N2S/c1-3-17-14-5-4-13(10-14)16(2)11-12-6-8-15-9-7-12/h6-9,13-14H,3-5,10-11H2,1-2H3/t13-,14+/m0/s1. The fourth-order valence-electron chi connectivity index (χ4n) is 2.61. The summed E-state index contributed by atoms with van der Waals surface area (Å²) in [5.41, 5.74) is 1.37. The maximum absolute atomic E-state index is 4.06. The van der Waals surface area contributed by atoms with Crippen LogP contribution in [-0.4, -0.2) is 34.0 Å². The van der Waals surface area contributed by atoms with Crippen LogP contribution < -0.4 is 0 Å². The zero-order chi connectivity index (χ0) is 12.1. The number of hydrogen-bond acceptors (Lipinski definition) is 3. The number of aromatic nitrogens is 1. The third-order valence-corrected chi connectivity index (χ3v) is 4.80. The lowest BCUT2D eigenvalue weighted by Gasteiger charge is -2.24. The summed E-state index contributed by atoms with van der Waals surface area (Å²) in [5, 5.41) is 0.893. The molecule has 0 aliphatic heterocycles. The quantitative estimate of drug-likeness (QED) is 0.798. The van der Waals surface area contributed by atoms with Crippen molar-refractivity contribution in [3.8, 4) is 0 Å². The van der Waals surface area contributed by atoms with Gasteiger partial charge in [-0.1, -0.05) is 6.92 Å². The maximum Gasteiger partial charge on any atom is 0.0271 e. The molecule has 1 aromatic rings. The van der Waals surface area contributed by atoms with E-state index in [0.29, 0.717) is 0 Å². The monoisotopic (exact) mass is 250 g/mol. The van der Waals surface area contributed by atoms with Gasteiger partial charge in [-0.3, -0.25) is 9.88 Å².